The van der Waals surface area contributed by atoms with Crippen LogP contribution in [0.5, 0.6) is 11.5 Å². The van der Waals surface area contributed by atoms with Crippen LogP contribution in [0.15, 0.2) is 23.2 Å². The standard InChI is InChI=1S/C21H36N4O2/c1-3-22-21(23-12-9-15-25-13-7-5-6-8-14-25)24-17-18-10-11-19(26)20(16-18)27-4-2/h10-11,16,26H,3-9,12-15,17H2,1-2H3,(H2,22,23,24). The van der Waals surface area contributed by atoms with Gasteiger partial charge in [0.15, 0.2) is 17.5 Å². The van der Waals surface area contributed by atoms with Gasteiger partial charge in [0.25, 0.3) is 0 Å². The maximum Gasteiger partial charge on any atom is 0.191 e. The van der Waals surface area contributed by atoms with Gasteiger partial charge in [-0.25, -0.2) is 4.99 Å². The summed E-state index contributed by atoms with van der Waals surface area (Å²) in [7, 11) is 0. The zero-order valence-electron chi connectivity index (χ0n) is 17.0. The third-order valence-corrected chi connectivity index (χ3v) is 4.73. The second kappa shape index (κ2) is 12.4. The van der Waals surface area contributed by atoms with Gasteiger partial charge in [-0.3, -0.25) is 0 Å². The SMILES string of the molecule is CCNC(=NCc1ccc(O)c(OCC)c1)NCCCN1CCCCCC1. The molecule has 27 heavy (non-hydrogen) atoms. The number of nitrogens with one attached hydrogen (secondary N) is 2. The van der Waals surface area contributed by atoms with Gasteiger partial charge in [-0.1, -0.05) is 18.9 Å². The first-order valence-corrected chi connectivity index (χ1v) is 10.4. The average molecular weight is 377 g/mol. The number of phenols is 1. The van der Waals surface area contributed by atoms with Crippen molar-refractivity contribution < 1.29 is 9.84 Å². The number of rotatable bonds is 9. The maximum absolute atomic E-state index is 9.81. The second-order valence-corrected chi connectivity index (χ2v) is 6.97. The minimum absolute atomic E-state index is 0.170. The highest BCUT2D eigenvalue weighted by molar-refractivity contribution is 5.79. The number of nitrogens with zero attached hydrogens (tertiary/aromatic N) is 2. The van der Waals surface area contributed by atoms with Crippen molar-refractivity contribution in [2.75, 3.05) is 39.3 Å². The number of hydrogen-bond acceptors (Lipinski definition) is 4. The summed E-state index contributed by atoms with van der Waals surface area (Å²) in [5, 5.41) is 16.5. The molecule has 0 radical (unpaired) electrons. The van der Waals surface area contributed by atoms with Crippen LogP contribution in [0.2, 0.25) is 0 Å². The van der Waals surface area contributed by atoms with Crippen LogP contribution in [0.25, 0.3) is 0 Å². The van der Waals surface area contributed by atoms with E-state index in [0.29, 0.717) is 18.9 Å². The third-order valence-electron chi connectivity index (χ3n) is 4.73. The minimum atomic E-state index is 0.170. The van der Waals surface area contributed by atoms with E-state index in [4.69, 9.17) is 4.74 Å². The van der Waals surface area contributed by atoms with Gasteiger partial charge in [-0.15, -0.1) is 0 Å². The van der Waals surface area contributed by atoms with Crippen LogP contribution in [-0.2, 0) is 6.54 Å². The highest BCUT2D eigenvalue weighted by Gasteiger charge is 2.08. The van der Waals surface area contributed by atoms with E-state index in [1.165, 1.54) is 38.8 Å². The average Bonchev–Trinajstić information content (AvgIpc) is 2.94. The number of benzene rings is 1. The fraction of sp³-hybridized carbons (Fsp3) is 0.667. The predicted octanol–water partition coefficient (Wildman–Crippen LogP) is 3.11. The minimum Gasteiger partial charge on any atom is -0.504 e. The second-order valence-electron chi connectivity index (χ2n) is 6.97. The summed E-state index contributed by atoms with van der Waals surface area (Å²) in [4.78, 5) is 7.25. The quantitative estimate of drug-likeness (QED) is 0.351. The summed E-state index contributed by atoms with van der Waals surface area (Å²) in [6.07, 6.45) is 6.57. The Labute approximate surface area is 164 Å². The molecule has 1 fully saturated rings. The van der Waals surface area contributed by atoms with E-state index in [-0.39, 0.29) is 5.75 Å². The van der Waals surface area contributed by atoms with E-state index < -0.39 is 0 Å². The number of guanidine groups is 1. The van der Waals surface area contributed by atoms with E-state index in [1.54, 1.807) is 6.07 Å². The van der Waals surface area contributed by atoms with Gasteiger partial charge in [0.1, 0.15) is 0 Å². The van der Waals surface area contributed by atoms with Crippen molar-refractivity contribution >= 4 is 5.96 Å². The molecule has 0 saturated carbocycles. The molecule has 1 aliphatic rings. The van der Waals surface area contributed by atoms with Gasteiger partial charge in [0.05, 0.1) is 13.2 Å². The van der Waals surface area contributed by atoms with E-state index in [1.807, 2.05) is 19.1 Å². The Bertz CT molecular complexity index is 569. The Morgan fingerprint density at radius 1 is 1.15 bits per heavy atom. The fourth-order valence-electron chi connectivity index (χ4n) is 3.31. The van der Waals surface area contributed by atoms with Crippen molar-refractivity contribution in [1.82, 2.24) is 15.5 Å². The molecule has 0 spiro atoms. The molecule has 0 atom stereocenters. The Morgan fingerprint density at radius 2 is 1.93 bits per heavy atom. The lowest BCUT2D eigenvalue weighted by atomic mass is 10.2. The summed E-state index contributed by atoms with van der Waals surface area (Å²) >= 11 is 0. The molecule has 1 aliphatic heterocycles. The number of ether oxygens (including phenoxy) is 1. The summed E-state index contributed by atoms with van der Waals surface area (Å²) < 4.78 is 5.44. The molecule has 0 unspecified atom stereocenters. The molecule has 0 aliphatic carbocycles. The first kappa shape index (κ1) is 21.4. The number of aromatic hydroxyl groups is 1. The van der Waals surface area contributed by atoms with Crippen LogP contribution in [-0.4, -0.2) is 55.3 Å². The first-order chi connectivity index (χ1) is 13.2. The molecule has 6 heteroatoms. The van der Waals surface area contributed by atoms with Crippen LogP contribution in [0.4, 0.5) is 0 Å². The highest BCUT2D eigenvalue weighted by Crippen LogP contribution is 2.27. The van der Waals surface area contributed by atoms with E-state index in [0.717, 1.165) is 37.6 Å². The lowest BCUT2D eigenvalue weighted by Gasteiger charge is -2.20. The van der Waals surface area contributed by atoms with Crippen molar-refractivity contribution in [3.63, 3.8) is 0 Å². The summed E-state index contributed by atoms with van der Waals surface area (Å²) in [6, 6.07) is 5.40. The van der Waals surface area contributed by atoms with Crippen molar-refractivity contribution in [3.8, 4) is 11.5 Å². The number of likely N-dealkylation sites (tertiary alicyclic amines) is 1. The molecule has 1 saturated heterocycles. The monoisotopic (exact) mass is 376 g/mol. The smallest absolute Gasteiger partial charge is 0.191 e. The molecule has 3 N–H and O–H groups in total. The van der Waals surface area contributed by atoms with Crippen LogP contribution in [0.1, 0.15) is 51.5 Å². The molecule has 152 valence electrons. The summed E-state index contributed by atoms with van der Waals surface area (Å²) in [5.74, 6) is 1.52. The normalized spacial score (nSPS) is 16.0. The highest BCUT2D eigenvalue weighted by atomic mass is 16.5. The van der Waals surface area contributed by atoms with E-state index in [2.05, 4.69) is 27.4 Å². The Balaban J connectivity index is 1.80. The zero-order valence-corrected chi connectivity index (χ0v) is 17.0. The summed E-state index contributed by atoms with van der Waals surface area (Å²) in [6.45, 7) is 10.4. The summed E-state index contributed by atoms with van der Waals surface area (Å²) in [5.41, 5.74) is 1.01. The van der Waals surface area contributed by atoms with Crippen molar-refractivity contribution in [1.29, 1.82) is 0 Å². The van der Waals surface area contributed by atoms with Crippen molar-refractivity contribution in [2.24, 2.45) is 4.99 Å². The Morgan fingerprint density at radius 3 is 2.63 bits per heavy atom. The van der Waals surface area contributed by atoms with Crippen molar-refractivity contribution in [2.45, 2.75) is 52.5 Å². The van der Waals surface area contributed by atoms with Gasteiger partial charge < -0.3 is 25.4 Å². The zero-order chi connectivity index (χ0) is 19.3. The van der Waals surface area contributed by atoms with Gasteiger partial charge in [-0.05, 0) is 70.4 Å². The number of aliphatic imine (C=N–C) groups is 1. The Hall–Kier alpha value is -1.95. The van der Waals surface area contributed by atoms with Crippen LogP contribution in [0.3, 0.4) is 0 Å². The van der Waals surface area contributed by atoms with Crippen molar-refractivity contribution in [3.05, 3.63) is 23.8 Å². The van der Waals surface area contributed by atoms with Gasteiger partial charge >= 0.3 is 0 Å². The first-order valence-electron chi connectivity index (χ1n) is 10.4. The van der Waals surface area contributed by atoms with Gasteiger partial charge in [0.2, 0.25) is 0 Å². The molecule has 1 aromatic rings. The molecular weight excluding hydrogens is 340 g/mol. The van der Waals surface area contributed by atoms with E-state index in [9.17, 15) is 5.11 Å². The molecule has 0 aromatic heterocycles. The number of phenolic OH excluding ortho intramolecular Hbond substituents is 1. The predicted molar refractivity (Wildman–Crippen MR) is 112 cm³/mol. The maximum atomic E-state index is 9.81. The molecule has 2 rings (SSSR count). The number of hydrogen-bond donors (Lipinski definition) is 3. The lowest BCUT2D eigenvalue weighted by molar-refractivity contribution is 0.282. The fourth-order valence-corrected chi connectivity index (χ4v) is 3.31. The van der Waals surface area contributed by atoms with Crippen LogP contribution < -0.4 is 15.4 Å². The Kier molecular flexibility index (Phi) is 9.84. The molecule has 0 amide bonds. The topological polar surface area (TPSA) is 69.1 Å². The molecular formula is C21H36N4O2. The van der Waals surface area contributed by atoms with Gasteiger partial charge in [-0.2, -0.15) is 0 Å². The van der Waals surface area contributed by atoms with Crippen LogP contribution in [0, 0.1) is 0 Å². The van der Waals surface area contributed by atoms with Crippen LogP contribution >= 0.6 is 0 Å². The third kappa shape index (κ3) is 8.08. The van der Waals surface area contributed by atoms with E-state index >= 15 is 0 Å². The lowest BCUT2D eigenvalue weighted by Crippen LogP contribution is -2.39. The van der Waals surface area contributed by atoms with Gasteiger partial charge in [0, 0.05) is 13.1 Å². The molecule has 1 heterocycles. The molecule has 6 nitrogen and oxygen atoms in total. The molecule has 0 bridgehead atoms. The molecule has 1 aromatic carbocycles. The largest absolute Gasteiger partial charge is 0.504 e.